The first-order valence-electron chi connectivity index (χ1n) is 8.59. The highest BCUT2D eigenvalue weighted by molar-refractivity contribution is 5.32. The molecular formula is C19H30N2. The Morgan fingerprint density at radius 2 is 1.76 bits per heavy atom. The summed E-state index contributed by atoms with van der Waals surface area (Å²) in [7, 11) is 0. The van der Waals surface area contributed by atoms with E-state index in [0.29, 0.717) is 6.04 Å². The molecule has 2 aliphatic rings. The van der Waals surface area contributed by atoms with Crippen molar-refractivity contribution in [2.75, 3.05) is 6.54 Å². The zero-order valence-corrected chi connectivity index (χ0v) is 13.8. The van der Waals surface area contributed by atoms with Crippen LogP contribution in [0.25, 0.3) is 0 Å². The van der Waals surface area contributed by atoms with Gasteiger partial charge in [0.25, 0.3) is 0 Å². The van der Waals surface area contributed by atoms with Crippen molar-refractivity contribution in [1.82, 2.24) is 4.90 Å². The SMILES string of the molecule is CC(C)(C)N1CCCCC(N)C1c1cccc(C2CC2)c1. The summed E-state index contributed by atoms with van der Waals surface area (Å²) in [6, 6.07) is 9.88. The number of nitrogens with two attached hydrogens (primary N) is 1. The first kappa shape index (κ1) is 15.1. The molecule has 2 unspecified atom stereocenters. The van der Waals surface area contributed by atoms with Crippen LogP contribution >= 0.6 is 0 Å². The Morgan fingerprint density at radius 1 is 1.05 bits per heavy atom. The molecule has 2 N–H and O–H groups in total. The van der Waals surface area contributed by atoms with E-state index in [1.807, 2.05) is 0 Å². The Hall–Kier alpha value is -0.860. The van der Waals surface area contributed by atoms with Crippen LogP contribution in [0.5, 0.6) is 0 Å². The fraction of sp³-hybridized carbons (Fsp3) is 0.684. The number of hydrogen-bond donors (Lipinski definition) is 1. The van der Waals surface area contributed by atoms with Gasteiger partial charge >= 0.3 is 0 Å². The zero-order valence-electron chi connectivity index (χ0n) is 13.8. The Balaban J connectivity index is 1.95. The minimum Gasteiger partial charge on any atom is -0.326 e. The fourth-order valence-electron chi connectivity index (χ4n) is 3.78. The summed E-state index contributed by atoms with van der Waals surface area (Å²) >= 11 is 0. The van der Waals surface area contributed by atoms with E-state index in [2.05, 4.69) is 49.9 Å². The summed E-state index contributed by atoms with van der Waals surface area (Å²) in [5, 5.41) is 0. The van der Waals surface area contributed by atoms with Gasteiger partial charge in [0.05, 0.1) is 6.04 Å². The lowest BCUT2D eigenvalue weighted by Crippen LogP contribution is -2.49. The van der Waals surface area contributed by atoms with Gasteiger partial charge < -0.3 is 5.73 Å². The average Bonchev–Trinajstić information content (AvgIpc) is 3.24. The predicted molar refractivity (Wildman–Crippen MR) is 89.4 cm³/mol. The van der Waals surface area contributed by atoms with E-state index in [-0.39, 0.29) is 11.6 Å². The summed E-state index contributed by atoms with van der Waals surface area (Å²) in [6.45, 7) is 8.13. The van der Waals surface area contributed by atoms with E-state index in [9.17, 15) is 0 Å². The van der Waals surface area contributed by atoms with Crippen LogP contribution in [0.15, 0.2) is 24.3 Å². The molecule has 0 aromatic heterocycles. The summed E-state index contributed by atoms with van der Waals surface area (Å²) in [5.74, 6) is 0.815. The van der Waals surface area contributed by atoms with Crippen LogP contribution < -0.4 is 5.73 Å². The van der Waals surface area contributed by atoms with Gasteiger partial charge in [-0.15, -0.1) is 0 Å². The smallest absolute Gasteiger partial charge is 0.0504 e. The molecule has 0 amide bonds. The summed E-state index contributed by atoms with van der Waals surface area (Å²) in [5.41, 5.74) is 9.73. The van der Waals surface area contributed by atoms with Crippen LogP contribution in [-0.2, 0) is 0 Å². The second-order valence-electron chi connectivity index (χ2n) is 7.91. The highest BCUT2D eigenvalue weighted by Crippen LogP contribution is 2.42. The zero-order chi connectivity index (χ0) is 15.0. The number of nitrogens with zero attached hydrogens (tertiary/aromatic N) is 1. The van der Waals surface area contributed by atoms with E-state index >= 15 is 0 Å². The molecule has 0 spiro atoms. The molecule has 1 saturated heterocycles. The lowest BCUT2D eigenvalue weighted by atomic mass is 9.91. The molecule has 2 nitrogen and oxygen atoms in total. The lowest BCUT2D eigenvalue weighted by Gasteiger charge is -2.43. The van der Waals surface area contributed by atoms with Crippen molar-refractivity contribution in [3.8, 4) is 0 Å². The van der Waals surface area contributed by atoms with Crippen LogP contribution in [0, 0.1) is 0 Å². The highest BCUT2D eigenvalue weighted by Gasteiger charge is 2.35. The largest absolute Gasteiger partial charge is 0.326 e. The molecule has 2 fully saturated rings. The monoisotopic (exact) mass is 286 g/mol. The third kappa shape index (κ3) is 3.32. The molecule has 1 aromatic rings. The predicted octanol–water partition coefficient (Wildman–Crippen LogP) is 4.22. The van der Waals surface area contributed by atoms with Crippen LogP contribution in [0.1, 0.15) is 76.0 Å². The van der Waals surface area contributed by atoms with Gasteiger partial charge in [0.1, 0.15) is 0 Å². The maximum absolute atomic E-state index is 6.60. The van der Waals surface area contributed by atoms with Crippen molar-refractivity contribution >= 4 is 0 Å². The van der Waals surface area contributed by atoms with Gasteiger partial charge in [0, 0.05) is 11.6 Å². The van der Waals surface area contributed by atoms with E-state index in [1.165, 1.54) is 36.8 Å². The minimum absolute atomic E-state index is 0.169. The second kappa shape index (κ2) is 5.73. The van der Waals surface area contributed by atoms with Crippen molar-refractivity contribution in [3.05, 3.63) is 35.4 Å². The van der Waals surface area contributed by atoms with Crippen molar-refractivity contribution in [3.63, 3.8) is 0 Å². The maximum atomic E-state index is 6.60. The maximum Gasteiger partial charge on any atom is 0.0504 e. The average molecular weight is 286 g/mol. The Bertz CT molecular complexity index is 485. The van der Waals surface area contributed by atoms with E-state index < -0.39 is 0 Å². The summed E-state index contributed by atoms with van der Waals surface area (Å²) in [6.07, 6.45) is 6.40. The van der Waals surface area contributed by atoms with Crippen LogP contribution in [0.4, 0.5) is 0 Å². The van der Waals surface area contributed by atoms with Crippen molar-refractivity contribution in [1.29, 1.82) is 0 Å². The van der Waals surface area contributed by atoms with Gasteiger partial charge in [0.2, 0.25) is 0 Å². The first-order valence-corrected chi connectivity index (χ1v) is 8.59. The standard InChI is InChI=1S/C19H30N2/c1-19(2,3)21-12-5-4-9-17(20)18(21)16-8-6-7-15(13-16)14-10-11-14/h6-8,13-14,17-18H,4-5,9-12,20H2,1-3H3. The molecular weight excluding hydrogens is 256 g/mol. The summed E-state index contributed by atoms with van der Waals surface area (Å²) < 4.78 is 0. The highest BCUT2D eigenvalue weighted by atomic mass is 15.2. The topological polar surface area (TPSA) is 29.3 Å². The Morgan fingerprint density at radius 3 is 2.43 bits per heavy atom. The van der Waals surface area contributed by atoms with Gasteiger partial charge in [-0.05, 0) is 70.0 Å². The Kier molecular flexibility index (Phi) is 4.11. The van der Waals surface area contributed by atoms with Crippen molar-refractivity contribution < 1.29 is 0 Å². The van der Waals surface area contributed by atoms with Gasteiger partial charge in [-0.25, -0.2) is 0 Å². The second-order valence-corrected chi connectivity index (χ2v) is 7.91. The molecule has 1 aromatic carbocycles. The van der Waals surface area contributed by atoms with Crippen molar-refractivity contribution in [2.24, 2.45) is 5.73 Å². The molecule has 1 aliphatic heterocycles. The molecule has 2 atom stereocenters. The normalized spacial score (nSPS) is 28.4. The van der Waals surface area contributed by atoms with E-state index in [0.717, 1.165) is 18.9 Å². The quantitative estimate of drug-likeness (QED) is 0.882. The molecule has 0 radical (unpaired) electrons. The molecule has 2 heteroatoms. The van der Waals surface area contributed by atoms with Crippen LogP contribution in [0.3, 0.4) is 0 Å². The molecule has 1 saturated carbocycles. The number of rotatable bonds is 2. The third-order valence-electron chi connectivity index (χ3n) is 5.09. The van der Waals surface area contributed by atoms with Crippen LogP contribution in [-0.4, -0.2) is 23.0 Å². The van der Waals surface area contributed by atoms with Gasteiger partial charge in [-0.1, -0.05) is 30.7 Å². The van der Waals surface area contributed by atoms with Gasteiger partial charge in [-0.2, -0.15) is 0 Å². The first-order chi connectivity index (χ1) is 9.97. The van der Waals surface area contributed by atoms with Gasteiger partial charge in [-0.3, -0.25) is 4.90 Å². The van der Waals surface area contributed by atoms with E-state index in [1.54, 1.807) is 0 Å². The number of benzene rings is 1. The molecule has 1 aliphatic carbocycles. The van der Waals surface area contributed by atoms with Crippen LogP contribution in [0.2, 0.25) is 0 Å². The summed E-state index contributed by atoms with van der Waals surface area (Å²) in [4.78, 5) is 2.64. The molecule has 1 heterocycles. The number of likely N-dealkylation sites (tertiary alicyclic amines) is 1. The third-order valence-corrected chi connectivity index (χ3v) is 5.09. The molecule has 116 valence electrons. The van der Waals surface area contributed by atoms with Gasteiger partial charge in [0.15, 0.2) is 0 Å². The Labute approximate surface area is 129 Å². The fourth-order valence-corrected chi connectivity index (χ4v) is 3.78. The minimum atomic E-state index is 0.169. The van der Waals surface area contributed by atoms with Crippen molar-refractivity contribution in [2.45, 2.75) is 76.4 Å². The number of hydrogen-bond acceptors (Lipinski definition) is 2. The van der Waals surface area contributed by atoms with E-state index in [4.69, 9.17) is 5.73 Å². The molecule has 21 heavy (non-hydrogen) atoms. The molecule has 0 bridgehead atoms. The molecule has 3 rings (SSSR count). The lowest BCUT2D eigenvalue weighted by molar-refractivity contribution is 0.0755.